The third kappa shape index (κ3) is 3.06. The second-order valence-electron chi connectivity index (χ2n) is 7.96. The Hall–Kier alpha value is -2.53. The van der Waals surface area contributed by atoms with Crippen LogP contribution in [0.25, 0.3) is 22.1 Å². The van der Waals surface area contributed by atoms with Gasteiger partial charge in [-0.1, -0.05) is 12.1 Å². The molecule has 27 heavy (non-hydrogen) atoms. The standard InChI is InChI=1S/C22H24N2O3/c25-21(24-10-1-5-22(15-24)6-8-23-9-7-22)20-13-17-3-2-16(12-19(17)27-20)18-4-11-26-14-18/h2-4,11-14,23H,1,5-10,15H2. The summed E-state index contributed by atoms with van der Waals surface area (Å²) in [5.74, 6) is 0.467. The van der Waals surface area contributed by atoms with E-state index in [0.717, 1.165) is 67.5 Å². The summed E-state index contributed by atoms with van der Waals surface area (Å²) in [6.07, 6.45) is 7.99. The van der Waals surface area contributed by atoms with E-state index in [2.05, 4.69) is 5.32 Å². The first-order valence-corrected chi connectivity index (χ1v) is 9.79. The van der Waals surface area contributed by atoms with Gasteiger partial charge >= 0.3 is 0 Å². The molecule has 2 aliphatic rings. The minimum atomic E-state index is 0.0219. The average Bonchev–Trinajstić information content (AvgIpc) is 3.37. The van der Waals surface area contributed by atoms with Crippen LogP contribution in [0.4, 0.5) is 0 Å². The zero-order valence-electron chi connectivity index (χ0n) is 15.4. The van der Waals surface area contributed by atoms with Crippen molar-refractivity contribution in [1.82, 2.24) is 10.2 Å². The van der Waals surface area contributed by atoms with Crippen LogP contribution < -0.4 is 5.32 Å². The van der Waals surface area contributed by atoms with Crippen molar-refractivity contribution < 1.29 is 13.6 Å². The molecule has 2 fully saturated rings. The summed E-state index contributed by atoms with van der Waals surface area (Å²) in [6.45, 7) is 3.79. The molecular weight excluding hydrogens is 340 g/mol. The minimum absolute atomic E-state index is 0.0219. The highest BCUT2D eigenvalue weighted by atomic mass is 16.3. The monoisotopic (exact) mass is 364 g/mol. The predicted octanol–water partition coefficient (Wildman–Crippen LogP) is 4.30. The highest BCUT2D eigenvalue weighted by Crippen LogP contribution is 2.38. The SMILES string of the molecule is O=C(c1cc2ccc(-c3ccoc3)cc2o1)N1CCCC2(CCNCC2)C1. The van der Waals surface area contributed by atoms with E-state index in [1.54, 1.807) is 12.5 Å². The first kappa shape index (κ1) is 16.6. The fourth-order valence-corrected chi connectivity index (χ4v) is 4.65. The lowest BCUT2D eigenvalue weighted by molar-refractivity contribution is 0.0388. The van der Waals surface area contributed by atoms with E-state index in [9.17, 15) is 4.79 Å². The van der Waals surface area contributed by atoms with Gasteiger partial charge in [0.1, 0.15) is 5.58 Å². The van der Waals surface area contributed by atoms with Crippen LogP contribution in [0.3, 0.4) is 0 Å². The molecule has 0 saturated carbocycles. The molecule has 1 aromatic carbocycles. The molecule has 5 nitrogen and oxygen atoms in total. The van der Waals surface area contributed by atoms with Crippen molar-refractivity contribution in [3.05, 3.63) is 48.6 Å². The number of hydrogen-bond acceptors (Lipinski definition) is 4. The molecule has 0 radical (unpaired) electrons. The normalized spacial score (nSPS) is 19.6. The molecule has 4 heterocycles. The molecular formula is C22H24N2O3. The van der Waals surface area contributed by atoms with E-state index < -0.39 is 0 Å². The van der Waals surface area contributed by atoms with Crippen molar-refractivity contribution >= 4 is 16.9 Å². The van der Waals surface area contributed by atoms with Crippen molar-refractivity contribution in [2.75, 3.05) is 26.2 Å². The Kier molecular flexibility index (Phi) is 4.05. The molecule has 0 atom stereocenters. The van der Waals surface area contributed by atoms with E-state index in [1.165, 1.54) is 6.42 Å². The number of nitrogens with one attached hydrogen (secondary N) is 1. The van der Waals surface area contributed by atoms with Crippen LogP contribution >= 0.6 is 0 Å². The second kappa shape index (κ2) is 6.57. The summed E-state index contributed by atoms with van der Waals surface area (Å²) in [5.41, 5.74) is 3.06. The number of furan rings is 2. The lowest BCUT2D eigenvalue weighted by Gasteiger charge is -2.45. The van der Waals surface area contributed by atoms with Crippen LogP contribution in [0, 0.1) is 5.41 Å². The number of rotatable bonds is 2. The fourth-order valence-electron chi connectivity index (χ4n) is 4.65. The molecule has 0 unspecified atom stereocenters. The summed E-state index contributed by atoms with van der Waals surface area (Å²) in [6, 6.07) is 9.80. The molecule has 140 valence electrons. The summed E-state index contributed by atoms with van der Waals surface area (Å²) in [5, 5.41) is 4.40. The fraction of sp³-hybridized carbons (Fsp3) is 0.409. The van der Waals surface area contributed by atoms with Gasteiger partial charge in [-0.25, -0.2) is 0 Å². The smallest absolute Gasteiger partial charge is 0.289 e. The van der Waals surface area contributed by atoms with Crippen LogP contribution in [-0.2, 0) is 0 Å². The van der Waals surface area contributed by atoms with E-state index in [4.69, 9.17) is 8.83 Å². The van der Waals surface area contributed by atoms with Gasteiger partial charge in [0.25, 0.3) is 5.91 Å². The maximum atomic E-state index is 13.1. The van der Waals surface area contributed by atoms with Crippen molar-refractivity contribution in [3.8, 4) is 11.1 Å². The number of carbonyl (C=O) groups is 1. The number of benzene rings is 1. The molecule has 1 N–H and O–H groups in total. The summed E-state index contributed by atoms with van der Waals surface area (Å²) in [4.78, 5) is 15.1. The van der Waals surface area contributed by atoms with E-state index >= 15 is 0 Å². The lowest BCUT2D eigenvalue weighted by atomic mass is 9.73. The molecule has 0 aliphatic carbocycles. The van der Waals surface area contributed by atoms with Crippen LogP contribution in [0.5, 0.6) is 0 Å². The summed E-state index contributed by atoms with van der Waals surface area (Å²) in [7, 11) is 0. The second-order valence-corrected chi connectivity index (χ2v) is 7.96. The van der Waals surface area contributed by atoms with Gasteiger partial charge in [0, 0.05) is 24.0 Å². The van der Waals surface area contributed by atoms with Gasteiger partial charge in [-0.3, -0.25) is 4.79 Å². The van der Waals surface area contributed by atoms with Crippen LogP contribution in [0.1, 0.15) is 36.2 Å². The van der Waals surface area contributed by atoms with Gasteiger partial charge in [-0.15, -0.1) is 0 Å². The number of nitrogens with zero attached hydrogens (tertiary/aromatic N) is 1. The Morgan fingerprint density at radius 3 is 2.78 bits per heavy atom. The van der Waals surface area contributed by atoms with Gasteiger partial charge in [0.15, 0.2) is 5.76 Å². The Labute approximate surface area is 158 Å². The quantitative estimate of drug-likeness (QED) is 0.737. The minimum Gasteiger partial charge on any atom is -0.472 e. The molecule has 2 aromatic heterocycles. The Balaban J connectivity index is 1.40. The Morgan fingerprint density at radius 2 is 1.96 bits per heavy atom. The zero-order chi connectivity index (χ0) is 18.3. The molecule has 3 aromatic rings. The number of carbonyl (C=O) groups excluding carboxylic acids is 1. The van der Waals surface area contributed by atoms with Crippen LogP contribution in [-0.4, -0.2) is 37.0 Å². The Bertz CT molecular complexity index is 946. The zero-order valence-corrected chi connectivity index (χ0v) is 15.4. The van der Waals surface area contributed by atoms with Crippen molar-refractivity contribution in [3.63, 3.8) is 0 Å². The van der Waals surface area contributed by atoms with Gasteiger partial charge in [-0.2, -0.15) is 0 Å². The third-order valence-electron chi connectivity index (χ3n) is 6.20. The number of piperidine rings is 2. The maximum Gasteiger partial charge on any atom is 0.289 e. The maximum absolute atomic E-state index is 13.1. The molecule has 0 bridgehead atoms. The highest BCUT2D eigenvalue weighted by Gasteiger charge is 2.38. The molecule has 1 amide bonds. The van der Waals surface area contributed by atoms with E-state index in [-0.39, 0.29) is 5.91 Å². The lowest BCUT2D eigenvalue weighted by Crippen LogP contribution is -2.50. The van der Waals surface area contributed by atoms with Gasteiger partial charge < -0.3 is 19.1 Å². The highest BCUT2D eigenvalue weighted by molar-refractivity contribution is 5.97. The number of likely N-dealkylation sites (tertiary alicyclic amines) is 1. The molecule has 5 rings (SSSR count). The summed E-state index contributed by atoms with van der Waals surface area (Å²) >= 11 is 0. The topological polar surface area (TPSA) is 58.6 Å². The summed E-state index contributed by atoms with van der Waals surface area (Å²) < 4.78 is 11.1. The van der Waals surface area contributed by atoms with E-state index in [1.807, 2.05) is 35.2 Å². The number of amides is 1. The van der Waals surface area contributed by atoms with Gasteiger partial charge in [0.2, 0.25) is 0 Å². The van der Waals surface area contributed by atoms with Gasteiger partial charge in [0.05, 0.1) is 12.5 Å². The Morgan fingerprint density at radius 1 is 1.07 bits per heavy atom. The van der Waals surface area contributed by atoms with E-state index in [0.29, 0.717) is 11.2 Å². The number of fused-ring (bicyclic) bond motifs is 1. The average molecular weight is 364 g/mol. The molecule has 5 heteroatoms. The first-order valence-electron chi connectivity index (χ1n) is 9.79. The molecule has 2 aliphatic heterocycles. The van der Waals surface area contributed by atoms with Gasteiger partial charge in [-0.05, 0) is 68.0 Å². The van der Waals surface area contributed by atoms with Crippen molar-refractivity contribution in [2.45, 2.75) is 25.7 Å². The first-order chi connectivity index (χ1) is 13.2. The van der Waals surface area contributed by atoms with Crippen molar-refractivity contribution in [1.29, 1.82) is 0 Å². The molecule has 1 spiro atoms. The number of hydrogen-bond donors (Lipinski definition) is 1. The van der Waals surface area contributed by atoms with Crippen LogP contribution in [0.15, 0.2) is 51.7 Å². The van der Waals surface area contributed by atoms with Crippen molar-refractivity contribution in [2.24, 2.45) is 5.41 Å². The van der Waals surface area contributed by atoms with Crippen LogP contribution in [0.2, 0.25) is 0 Å². The molecule has 2 saturated heterocycles. The third-order valence-corrected chi connectivity index (χ3v) is 6.20. The predicted molar refractivity (Wildman–Crippen MR) is 104 cm³/mol. The largest absolute Gasteiger partial charge is 0.472 e.